The number of nitrogens with one attached hydrogen (secondary N) is 4. The third kappa shape index (κ3) is 7.01. The summed E-state index contributed by atoms with van der Waals surface area (Å²) < 4.78 is 0. The summed E-state index contributed by atoms with van der Waals surface area (Å²) in [6.07, 6.45) is 1.55. The smallest absolute Gasteiger partial charge is 0.321 e. The second-order valence-electron chi connectivity index (χ2n) is 8.25. The van der Waals surface area contributed by atoms with Gasteiger partial charge in [0.25, 0.3) is 0 Å². The number of benzene rings is 2. The number of rotatable bonds is 6. The van der Waals surface area contributed by atoms with Crippen molar-refractivity contribution in [2.24, 2.45) is 5.92 Å². The quantitative estimate of drug-likeness (QED) is 0.553. The van der Waals surface area contributed by atoms with Crippen LogP contribution < -0.4 is 21.3 Å². The predicted molar refractivity (Wildman–Crippen MR) is 125 cm³/mol. The van der Waals surface area contributed by atoms with Crippen LogP contribution in [0.25, 0.3) is 0 Å². The number of amides is 5. The highest BCUT2D eigenvalue weighted by Gasteiger charge is 2.28. The van der Waals surface area contributed by atoms with Gasteiger partial charge < -0.3 is 26.2 Å². The molecule has 1 unspecified atom stereocenters. The van der Waals surface area contributed by atoms with Gasteiger partial charge in [-0.3, -0.25) is 4.79 Å². The average Bonchev–Trinajstić information content (AvgIpc) is 2.79. The molecule has 1 aliphatic rings. The van der Waals surface area contributed by atoms with Crippen LogP contribution >= 0.6 is 0 Å². The molecule has 3 rings (SSSR count). The van der Waals surface area contributed by atoms with Gasteiger partial charge in [-0.25, -0.2) is 9.59 Å². The Kier molecular flexibility index (Phi) is 8.08. The van der Waals surface area contributed by atoms with E-state index in [2.05, 4.69) is 21.3 Å². The Morgan fingerprint density at radius 2 is 1.62 bits per heavy atom. The van der Waals surface area contributed by atoms with Crippen molar-refractivity contribution in [1.29, 1.82) is 0 Å². The second-order valence-corrected chi connectivity index (χ2v) is 8.25. The molecular formula is C24H31N5O3. The summed E-state index contributed by atoms with van der Waals surface area (Å²) in [5.41, 5.74) is 2.31. The number of urea groups is 2. The molecule has 1 atom stereocenters. The van der Waals surface area contributed by atoms with Gasteiger partial charge in [0.05, 0.1) is 5.92 Å². The first-order chi connectivity index (χ1) is 15.4. The van der Waals surface area contributed by atoms with Gasteiger partial charge in [0.15, 0.2) is 0 Å². The summed E-state index contributed by atoms with van der Waals surface area (Å²) in [6, 6.07) is 16.2. The van der Waals surface area contributed by atoms with E-state index in [1.54, 1.807) is 29.2 Å². The third-order valence-corrected chi connectivity index (χ3v) is 5.20. The molecule has 1 saturated heterocycles. The zero-order valence-corrected chi connectivity index (χ0v) is 18.6. The molecule has 32 heavy (non-hydrogen) atoms. The van der Waals surface area contributed by atoms with E-state index in [1.165, 1.54) is 0 Å². The Hall–Kier alpha value is -3.55. The van der Waals surface area contributed by atoms with E-state index in [0.29, 0.717) is 31.0 Å². The number of anilines is 2. The maximum Gasteiger partial charge on any atom is 0.321 e. The van der Waals surface area contributed by atoms with Crippen LogP contribution in [-0.4, -0.2) is 42.0 Å². The Balaban J connectivity index is 1.48. The van der Waals surface area contributed by atoms with E-state index < -0.39 is 0 Å². The Morgan fingerprint density at radius 1 is 0.969 bits per heavy atom. The van der Waals surface area contributed by atoms with Gasteiger partial charge in [0, 0.05) is 37.1 Å². The molecule has 1 fully saturated rings. The summed E-state index contributed by atoms with van der Waals surface area (Å²) in [7, 11) is 0. The third-order valence-electron chi connectivity index (χ3n) is 5.20. The summed E-state index contributed by atoms with van der Waals surface area (Å²) in [4.78, 5) is 38.7. The van der Waals surface area contributed by atoms with Crippen molar-refractivity contribution in [2.75, 3.05) is 23.7 Å². The maximum absolute atomic E-state index is 12.7. The first kappa shape index (κ1) is 23.1. The molecule has 1 aliphatic heterocycles. The lowest BCUT2D eigenvalue weighted by atomic mass is 9.97. The van der Waals surface area contributed by atoms with Crippen LogP contribution in [0.2, 0.25) is 0 Å². The molecule has 0 aliphatic carbocycles. The van der Waals surface area contributed by atoms with Gasteiger partial charge in [0.1, 0.15) is 0 Å². The fourth-order valence-corrected chi connectivity index (χ4v) is 3.57. The largest absolute Gasteiger partial charge is 0.352 e. The van der Waals surface area contributed by atoms with E-state index in [-0.39, 0.29) is 29.9 Å². The summed E-state index contributed by atoms with van der Waals surface area (Å²) in [5.74, 6) is -0.245. The fourth-order valence-electron chi connectivity index (χ4n) is 3.57. The van der Waals surface area contributed by atoms with Gasteiger partial charge in [-0.1, -0.05) is 30.3 Å². The Morgan fingerprint density at radius 3 is 2.28 bits per heavy atom. The number of likely N-dealkylation sites (tertiary alicyclic amines) is 1. The van der Waals surface area contributed by atoms with Crippen molar-refractivity contribution in [3.63, 3.8) is 0 Å². The minimum absolute atomic E-state index is 0.0264. The number of carbonyl (C=O) groups is 3. The molecule has 0 saturated carbocycles. The van der Waals surface area contributed by atoms with Crippen LogP contribution in [0.5, 0.6) is 0 Å². The number of hydrogen-bond donors (Lipinski definition) is 4. The highest BCUT2D eigenvalue weighted by atomic mass is 16.2. The summed E-state index contributed by atoms with van der Waals surface area (Å²) in [5, 5.41) is 11.3. The van der Waals surface area contributed by atoms with Crippen molar-refractivity contribution in [2.45, 2.75) is 39.3 Å². The lowest BCUT2D eigenvalue weighted by Crippen LogP contribution is -2.46. The average molecular weight is 438 g/mol. The molecule has 0 aromatic heterocycles. The zero-order chi connectivity index (χ0) is 22.9. The molecule has 8 heteroatoms. The van der Waals surface area contributed by atoms with Crippen molar-refractivity contribution in [3.05, 3.63) is 60.2 Å². The Bertz CT molecular complexity index is 915. The van der Waals surface area contributed by atoms with E-state index in [9.17, 15) is 14.4 Å². The van der Waals surface area contributed by atoms with Crippen LogP contribution in [0.1, 0.15) is 32.3 Å². The predicted octanol–water partition coefficient (Wildman–Crippen LogP) is 3.78. The van der Waals surface area contributed by atoms with Crippen molar-refractivity contribution >= 4 is 29.3 Å². The minimum Gasteiger partial charge on any atom is -0.352 e. The van der Waals surface area contributed by atoms with Crippen LogP contribution in [0, 0.1) is 5.92 Å². The van der Waals surface area contributed by atoms with Gasteiger partial charge in [-0.15, -0.1) is 0 Å². The molecule has 4 N–H and O–H groups in total. The lowest BCUT2D eigenvalue weighted by molar-refractivity contribution is -0.126. The molecule has 1 heterocycles. The van der Waals surface area contributed by atoms with Gasteiger partial charge in [0.2, 0.25) is 5.91 Å². The number of nitrogens with zero attached hydrogens (tertiary/aromatic N) is 1. The SMILES string of the molecule is CC(C)NC(=O)Nc1ccc(NC(=O)N2CCCC(C(=O)NCc3ccccc3)C2)cc1. The second kappa shape index (κ2) is 11.2. The summed E-state index contributed by atoms with van der Waals surface area (Å²) in [6.45, 7) is 5.26. The van der Waals surface area contributed by atoms with E-state index in [1.807, 2.05) is 44.2 Å². The monoisotopic (exact) mass is 437 g/mol. The highest BCUT2D eigenvalue weighted by Crippen LogP contribution is 2.19. The first-order valence-electron chi connectivity index (χ1n) is 11.0. The molecule has 0 spiro atoms. The molecular weight excluding hydrogens is 406 g/mol. The molecule has 8 nitrogen and oxygen atoms in total. The number of carbonyl (C=O) groups excluding carboxylic acids is 3. The molecule has 2 aromatic rings. The van der Waals surface area contributed by atoms with Crippen molar-refractivity contribution < 1.29 is 14.4 Å². The molecule has 0 bridgehead atoms. The fraction of sp³-hybridized carbons (Fsp3) is 0.375. The van der Waals surface area contributed by atoms with Crippen LogP contribution in [0.3, 0.4) is 0 Å². The summed E-state index contributed by atoms with van der Waals surface area (Å²) >= 11 is 0. The van der Waals surface area contributed by atoms with Crippen LogP contribution in [0.15, 0.2) is 54.6 Å². The Labute approximate surface area is 188 Å². The molecule has 0 radical (unpaired) electrons. The standard InChI is InChI=1S/C24H31N5O3/c1-17(2)26-23(31)27-20-10-12-21(13-11-20)28-24(32)29-14-6-9-19(16-29)22(30)25-15-18-7-4-3-5-8-18/h3-5,7-8,10-13,17,19H,6,9,14-16H2,1-2H3,(H,25,30)(H,28,32)(H2,26,27,31). The van der Waals surface area contributed by atoms with Crippen molar-refractivity contribution in [3.8, 4) is 0 Å². The van der Waals surface area contributed by atoms with Crippen molar-refractivity contribution in [1.82, 2.24) is 15.5 Å². The zero-order valence-electron chi connectivity index (χ0n) is 18.6. The van der Waals surface area contributed by atoms with E-state index >= 15 is 0 Å². The normalized spacial score (nSPS) is 15.7. The molecule has 5 amide bonds. The van der Waals surface area contributed by atoms with Crippen LogP contribution in [0.4, 0.5) is 21.0 Å². The highest BCUT2D eigenvalue weighted by molar-refractivity contribution is 5.92. The number of hydrogen-bond acceptors (Lipinski definition) is 3. The minimum atomic E-state index is -0.276. The van der Waals surface area contributed by atoms with Gasteiger partial charge >= 0.3 is 12.1 Å². The maximum atomic E-state index is 12.7. The first-order valence-corrected chi connectivity index (χ1v) is 11.0. The lowest BCUT2D eigenvalue weighted by Gasteiger charge is -2.32. The van der Waals surface area contributed by atoms with E-state index in [0.717, 1.165) is 18.4 Å². The topological polar surface area (TPSA) is 103 Å². The van der Waals surface area contributed by atoms with Crippen LogP contribution in [-0.2, 0) is 11.3 Å². The van der Waals surface area contributed by atoms with E-state index in [4.69, 9.17) is 0 Å². The number of piperidine rings is 1. The van der Waals surface area contributed by atoms with Gasteiger partial charge in [-0.2, -0.15) is 0 Å². The molecule has 2 aromatic carbocycles. The molecule has 170 valence electrons. The van der Waals surface area contributed by atoms with Gasteiger partial charge in [-0.05, 0) is 56.5 Å².